The highest BCUT2D eigenvalue weighted by Gasteiger charge is 2.41. The van der Waals surface area contributed by atoms with Crippen molar-refractivity contribution in [3.05, 3.63) is 71.6 Å². The van der Waals surface area contributed by atoms with Gasteiger partial charge in [0.2, 0.25) is 0 Å². The molecule has 0 radical (unpaired) electrons. The maximum absolute atomic E-state index is 14.2. The van der Waals surface area contributed by atoms with Crippen molar-refractivity contribution in [1.82, 2.24) is 34.3 Å². The van der Waals surface area contributed by atoms with Gasteiger partial charge >= 0.3 is 6.30 Å². The van der Waals surface area contributed by atoms with Crippen molar-refractivity contribution in [3.8, 4) is 0 Å². The first-order valence-corrected chi connectivity index (χ1v) is 8.92. The van der Waals surface area contributed by atoms with Crippen LogP contribution < -0.4 is 0 Å². The summed E-state index contributed by atoms with van der Waals surface area (Å²) in [6.07, 6.45) is -0.564. The molecule has 0 aliphatic carbocycles. The van der Waals surface area contributed by atoms with Gasteiger partial charge in [-0.05, 0) is 24.3 Å². The predicted molar refractivity (Wildman–Crippen MR) is 93.8 cm³/mol. The summed E-state index contributed by atoms with van der Waals surface area (Å²) in [5, 5.41) is 7.58. The Morgan fingerprint density at radius 1 is 1.27 bits per heavy atom. The Morgan fingerprint density at radius 3 is 2.87 bits per heavy atom. The Morgan fingerprint density at radius 2 is 2.10 bits per heavy atom. The summed E-state index contributed by atoms with van der Waals surface area (Å²) in [7, 11) is 0. The number of halogens is 4. The van der Waals surface area contributed by atoms with Crippen molar-refractivity contribution >= 4 is 11.4 Å². The van der Waals surface area contributed by atoms with E-state index in [2.05, 4.69) is 20.2 Å². The van der Waals surface area contributed by atoms with Gasteiger partial charge in [-0.3, -0.25) is 4.79 Å². The first-order chi connectivity index (χ1) is 14.3. The summed E-state index contributed by atoms with van der Waals surface area (Å²) in [4.78, 5) is 21.6. The molecule has 1 N–H and O–H groups in total. The number of hydrogen-bond donors (Lipinski definition) is 1. The highest BCUT2D eigenvalue weighted by molar-refractivity contribution is 5.93. The van der Waals surface area contributed by atoms with Crippen LogP contribution in [-0.2, 0) is 12.7 Å². The molecule has 0 spiro atoms. The van der Waals surface area contributed by atoms with E-state index in [9.17, 15) is 22.4 Å². The molecule has 12 heteroatoms. The van der Waals surface area contributed by atoms with E-state index in [1.54, 1.807) is 6.20 Å². The number of carbonyl (C=O) groups is 1. The van der Waals surface area contributed by atoms with Gasteiger partial charge in [0.1, 0.15) is 23.1 Å². The van der Waals surface area contributed by atoms with Gasteiger partial charge < -0.3 is 9.88 Å². The fourth-order valence-corrected chi connectivity index (χ4v) is 3.74. The summed E-state index contributed by atoms with van der Waals surface area (Å²) < 4.78 is 55.0. The van der Waals surface area contributed by atoms with E-state index in [1.165, 1.54) is 33.9 Å². The van der Waals surface area contributed by atoms with Crippen LogP contribution in [0.3, 0.4) is 0 Å². The minimum absolute atomic E-state index is 0.123. The second-order valence-electron chi connectivity index (χ2n) is 6.77. The van der Waals surface area contributed by atoms with E-state index in [0.717, 1.165) is 18.0 Å². The van der Waals surface area contributed by atoms with Crippen LogP contribution in [-0.4, -0.2) is 46.7 Å². The van der Waals surface area contributed by atoms with Crippen molar-refractivity contribution in [2.75, 3.05) is 6.54 Å². The molecule has 1 unspecified atom stereocenters. The number of aromatic amines is 1. The van der Waals surface area contributed by atoms with Crippen molar-refractivity contribution in [2.45, 2.75) is 18.8 Å². The lowest BCUT2D eigenvalue weighted by atomic mass is 9.99. The fraction of sp³-hybridized carbons (Fsp3) is 0.222. The van der Waals surface area contributed by atoms with Crippen LogP contribution in [0, 0.1) is 5.82 Å². The van der Waals surface area contributed by atoms with E-state index in [0.29, 0.717) is 17.8 Å². The van der Waals surface area contributed by atoms with Crippen molar-refractivity contribution in [2.24, 2.45) is 0 Å². The third-order valence-corrected chi connectivity index (χ3v) is 5.04. The number of hydrogen-bond acceptors (Lipinski definition) is 4. The zero-order valence-electron chi connectivity index (χ0n) is 15.1. The number of carbonyl (C=O) groups excluding carboxylic acids is 1. The number of nitrogens with one attached hydrogen (secondary N) is 1. The van der Waals surface area contributed by atoms with Crippen molar-refractivity contribution in [1.29, 1.82) is 0 Å². The molecule has 1 atom stereocenters. The zero-order chi connectivity index (χ0) is 21.0. The van der Waals surface area contributed by atoms with E-state index in [4.69, 9.17) is 0 Å². The average molecular weight is 419 g/mol. The average Bonchev–Trinajstić information content (AvgIpc) is 3.44. The number of H-pyrrole nitrogens is 1. The zero-order valence-corrected chi connectivity index (χ0v) is 15.1. The Kier molecular flexibility index (Phi) is 3.91. The summed E-state index contributed by atoms with van der Waals surface area (Å²) in [6, 6.07) is 4.34. The largest absolute Gasteiger partial charge is 0.505 e. The van der Waals surface area contributed by atoms with E-state index >= 15 is 0 Å². The quantitative estimate of drug-likeness (QED) is 0.507. The minimum atomic E-state index is -4.84. The van der Waals surface area contributed by atoms with Crippen LogP contribution in [0.25, 0.3) is 5.52 Å². The fourth-order valence-electron chi connectivity index (χ4n) is 3.74. The highest BCUT2D eigenvalue weighted by Crippen LogP contribution is 2.35. The summed E-state index contributed by atoms with van der Waals surface area (Å²) in [5.41, 5.74) is 1.05. The lowest BCUT2D eigenvalue weighted by Gasteiger charge is -2.34. The number of alkyl halides is 3. The van der Waals surface area contributed by atoms with E-state index in [-0.39, 0.29) is 16.7 Å². The summed E-state index contributed by atoms with van der Waals surface area (Å²) in [5.74, 6) is -1.39. The van der Waals surface area contributed by atoms with Gasteiger partial charge in [-0.25, -0.2) is 13.9 Å². The van der Waals surface area contributed by atoms with E-state index in [1.807, 2.05) is 0 Å². The van der Waals surface area contributed by atoms with E-state index < -0.39 is 29.8 Å². The number of fused-ring (bicyclic) bond motifs is 2. The predicted octanol–water partition coefficient (Wildman–Crippen LogP) is 2.66. The molecule has 0 aromatic carbocycles. The smallest absolute Gasteiger partial charge is 0.348 e. The lowest BCUT2D eigenvalue weighted by Crippen LogP contribution is -2.42. The molecule has 5 heterocycles. The van der Waals surface area contributed by atoms with Crippen molar-refractivity contribution in [3.63, 3.8) is 0 Å². The van der Waals surface area contributed by atoms with Gasteiger partial charge in [-0.2, -0.15) is 14.9 Å². The topological polar surface area (TPSA) is 84.1 Å². The van der Waals surface area contributed by atoms with Gasteiger partial charge in [-0.1, -0.05) is 0 Å². The number of nitrogens with zero attached hydrogens (tertiary/aromatic N) is 6. The summed E-state index contributed by atoms with van der Waals surface area (Å²) >= 11 is 0. The summed E-state index contributed by atoms with van der Waals surface area (Å²) in [6.45, 7) is 0.123. The van der Waals surface area contributed by atoms with Crippen LogP contribution >= 0.6 is 0 Å². The molecule has 30 heavy (non-hydrogen) atoms. The minimum Gasteiger partial charge on any atom is -0.348 e. The Hall–Kier alpha value is -3.70. The van der Waals surface area contributed by atoms with Crippen LogP contribution in [0.5, 0.6) is 0 Å². The molecule has 5 rings (SSSR count). The standard InChI is InChI=1S/C18H13F4N7O/c19-10-2-1-6-28-14(10)8-12(26-28)16-15-11(23-9-24-15)4-7-27(16)17(30)13-3-5-25-29(13)18(20,21)22/h1-3,5-6,8-9,16H,4,7H2,(H,23,24). The number of imidazole rings is 1. The van der Waals surface area contributed by atoms with Gasteiger partial charge in [0.05, 0.1) is 23.9 Å². The van der Waals surface area contributed by atoms with Crippen LogP contribution in [0.2, 0.25) is 0 Å². The Balaban J connectivity index is 1.63. The van der Waals surface area contributed by atoms with Gasteiger partial charge in [0.25, 0.3) is 5.91 Å². The number of rotatable bonds is 2. The first kappa shape index (κ1) is 18.3. The molecule has 154 valence electrons. The monoisotopic (exact) mass is 419 g/mol. The second-order valence-corrected chi connectivity index (χ2v) is 6.77. The van der Waals surface area contributed by atoms with Crippen LogP contribution in [0.15, 0.2) is 43.0 Å². The molecular formula is C18H13F4N7O. The van der Waals surface area contributed by atoms with Crippen LogP contribution in [0.4, 0.5) is 17.6 Å². The molecule has 1 aliphatic heterocycles. The molecule has 1 aliphatic rings. The highest BCUT2D eigenvalue weighted by atomic mass is 19.4. The normalized spacial score (nSPS) is 16.8. The second kappa shape index (κ2) is 6.40. The lowest BCUT2D eigenvalue weighted by molar-refractivity contribution is -0.213. The maximum Gasteiger partial charge on any atom is 0.505 e. The molecule has 0 bridgehead atoms. The number of pyridine rings is 1. The molecule has 4 aromatic rings. The van der Waals surface area contributed by atoms with Gasteiger partial charge in [-0.15, -0.1) is 13.2 Å². The molecule has 8 nitrogen and oxygen atoms in total. The first-order valence-electron chi connectivity index (χ1n) is 8.92. The molecular weight excluding hydrogens is 406 g/mol. The Labute approximate surface area is 165 Å². The Bertz CT molecular complexity index is 1250. The number of aromatic nitrogens is 6. The molecule has 0 saturated heterocycles. The van der Waals surface area contributed by atoms with Gasteiger partial charge in [0.15, 0.2) is 0 Å². The third-order valence-electron chi connectivity index (χ3n) is 5.04. The SMILES string of the molecule is O=C(c1ccnn1C(F)(F)F)N1CCc2[nH]cnc2C1c1cc2c(F)cccn2n1. The third kappa shape index (κ3) is 2.75. The molecule has 0 fully saturated rings. The van der Waals surface area contributed by atoms with Crippen molar-refractivity contribution < 1.29 is 22.4 Å². The molecule has 1 amide bonds. The maximum atomic E-state index is 14.2. The molecule has 4 aromatic heterocycles. The van der Waals surface area contributed by atoms with Crippen LogP contribution in [0.1, 0.15) is 33.6 Å². The number of amides is 1. The molecule has 0 saturated carbocycles. The van der Waals surface area contributed by atoms with Gasteiger partial charge in [0, 0.05) is 24.9 Å².